The number of rotatable bonds is 4. The first-order valence-corrected chi connectivity index (χ1v) is 5.71. The zero-order valence-corrected chi connectivity index (χ0v) is 9.76. The molecule has 1 aromatic rings. The molecule has 1 aromatic heterocycles. The third-order valence-electron chi connectivity index (χ3n) is 1.62. The van der Waals surface area contributed by atoms with Gasteiger partial charge in [0.1, 0.15) is 4.60 Å². The van der Waals surface area contributed by atoms with Gasteiger partial charge in [0, 0.05) is 11.9 Å². The topological polar surface area (TPSA) is 24.9 Å². The standard InChI is InChI=1S/C8H13BrN2S/c1-3-4-5-6-7(9)11-8(10-2)12-6/h3-5H2,1-2H3,(H,10,11). The zero-order valence-electron chi connectivity index (χ0n) is 7.35. The highest BCUT2D eigenvalue weighted by Gasteiger charge is 2.06. The molecule has 0 atom stereocenters. The molecule has 0 aromatic carbocycles. The summed E-state index contributed by atoms with van der Waals surface area (Å²) in [5.41, 5.74) is 0. The first kappa shape index (κ1) is 9.99. The molecule has 0 aliphatic carbocycles. The Balaban J connectivity index is 2.64. The molecule has 0 saturated heterocycles. The number of thiazole rings is 1. The van der Waals surface area contributed by atoms with Gasteiger partial charge in [-0.25, -0.2) is 4.98 Å². The van der Waals surface area contributed by atoms with E-state index in [-0.39, 0.29) is 0 Å². The lowest BCUT2D eigenvalue weighted by Gasteiger charge is -1.92. The average Bonchev–Trinajstić information content (AvgIpc) is 2.43. The van der Waals surface area contributed by atoms with Gasteiger partial charge in [-0.2, -0.15) is 0 Å². The van der Waals surface area contributed by atoms with Crippen molar-refractivity contribution in [3.05, 3.63) is 9.48 Å². The molecule has 0 amide bonds. The van der Waals surface area contributed by atoms with Gasteiger partial charge in [-0.05, 0) is 28.8 Å². The number of nitrogens with one attached hydrogen (secondary N) is 1. The molecule has 1 rings (SSSR count). The largest absolute Gasteiger partial charge is 0.365 e. The van der Waals surface area contributed by atoms with Crippen LogP contribution < -0.4 is 5.32 Å². The van der Waals surface area contributed by atoms with Crippen LogP contribution in [0.25, 0.3) is 0 Å². The molecule has 4 heteroatoms. The number of hydrogen-bond acceptors (Lipinski definition) is 3. The molecule has 12 heavy (non-hydrogen) atoms. The van der Waals surface area contributed by atoms with Crippen LogP contribution in [0.4, 0.5) is 5.13 Å². The molecule has 68 valence electrons. The van der Waals surface area contributed by atoms with Crippen LogP contribution in [0.15, 0.2) is 4.60 Å². The molecular weight excluding hydrogens is 236 g/mol. The summed E-state index contributed by atoms with van der Waals surface area (Å²) in [5.74, 6) is 0. The Kier molecular flexibility index (Phi) is 4.01. The van der Waals surface area contributed by atoms with Crippen LogP contribution >= 0.6 is 27.3 Å². The van der Waals surface area contributed by atoms with Crippen LogP contribution in [-0.4, -0.2) is 12.0 Å². The molecule has 0 fully saturated rings. The Labute approximate surface area is 85.5 Å². The minimum Gasteiger partial charge on any atom is -0.365 e. The fourth-order valence-electron chi connectivity index (χ4n) is 0.932. The van der Waals surface area contributed by atoms with E-state index in [1.165, 1.54) is 17.7 Å². The molecule has 2 nitrogen and oxygen atoms in total. The van der Waals surface area contributed by atoms with Crippen molar-refractivity contribution in [2.75, 3.05) is 12.4 Å². The first-order valence-electron chi connectivity index (χ1n) is 4.11. The van der Waals surface area contributed by atoms with Crippen molar-refractivity contribution in [1.29, 1.82) is 0 Å². The molecule has 1 heterocycles. The Morgan fingerprint density at radius 2 is 2.33 bits per heavy atom. The average molecular weight is 249 g/mol. The highest BCUT2D eigenvalue weighted by Crippen LogP contribution is 2.28. The van der Waals surface area contributed by atoms with Gasteiger partial charge in [0.05, 0.1) is 0 Å². The highest BCUT2D eigenvalue weighted by atomic mass is 79.9. The van der Waals surface area contributed by atoms with Crippen molar-refractivity contribution >= 4 is 32.4 Å². The lowest BCUT2D eigenvalue weighted by Crippen LogP contribution is -1.83. The van der Waals surface area contributed by atoms with Gasteiger partial charge in [-0.1, -0.05) is 13.3 Å². The van der Waals surface area contributed by atoms with E-state index in [0.717, 1.165) is 16.2 Å². The third kappa shape index (κ3) is 2.45. The van der Waals surface area contributed by atoms with Crippen LogP contribution in [0.5, 0.6) is 0 Å². The van der Waals surface area contributed by atoms with Gasteiger partial charge in [0.25, 0.3) is 0 Å². The molecule has 0 unspecified atom stereocenters. The smallest absolute Gasteiger partial charge is 0.183 e. The predicted molar refractivity (Wildman–Crippen MR) is 58.0 cm³/mol. The number of aromatic nitrogens is 1. The van der Waals surface area contributed by atoms with Crippen molar-refractivity contribution < 1.29 is 0 Å². The molecule has 0 bridgehead atoms. The highest BCUT2D eigenvalue weighted by molar-refractivity contribution is 9.10. The Morgan fingerprint density at radius 3 is 2.83 bits per heavy atom. The summed E-state index contributed by atoms with van der Waals surface area (Å²) in [6, 6.07) is 0. The predicted octanol–water partition coefficient (Wildman–Crippen LogP) is 3.29. The summed E-state index contributed by atoms with van der Waals surface area (Å²) >= 11 is 5.18. The van der Waals surface area contributed by atoms with Crippen molar-refractivity contribution in [1.82, 2.24) is 4.98 Å². The summed E-state index contributed by atoms with van der Waals surface area (Å²) < 4.78 is 1.00. The van der Waals surface area contributed by atoms with Gasteiger partial charge < -0.3 is 5.32 Å². The number of hydrogen-bond donors (Lipinski definition) is 1. The van der Waals surface area contributed by atoms with Crippen molar-refractivity contribution in [3.8, 4) is 0 Å². The molecule has 1 N–H and O–H groups in total. The number of aryl methyl sites for hydroxylation is 1. The maximum atomic E-state index is 4.31. The van der Waals surface area contributed by atoms with E-state index >= 15 is 0 Å². The lowest BCUT2D eigenvalue weighted by atomic mass is 10.2. The normalized spacial score (nSPS) is 10.2. The number of halogens is 1. The monoisotopic (exact) mass is 248 g/mol. The first-order chi connectivity index (χ1) is 5.77. The van der Waals surface area contributed by atoms with Crippen molar-refractivity contribution in [2.24, 2.45) is 0 Å². The number of anilines is 1. The van der Waals surface area contributed by atoms with Crippen molar-refractivity contribution in [3.63, 3.8) is 0 Å². The SMILES string of the molecule is CCCCc1sc(NC)nc1Br. The van der Waals surface area contributed by atoms with Crippen LogP contribution in [-0.2, 0) is 6.42 Å². The molecular formula is C8H13BrN2S. The maximum absolute atomic E-state index is 4.31. The van der Waals surface area contributed by atoms with Crippen LogP contribution in [0.2, 0.25) is 0 Å². The second-order valence-corrected chi connectivity index (χ2v) is 4.42. The quantitative estimate of drug-likeness (QED) is 0.885. The second-order valence-electron chi connectivity index (χ2n) is 2.59. The molecule has 0 radical (unpaired) electrons. The van der Waals surface area contributed by atoms with Gasteiger partial charge >= 0.3 is 0 Å². The maximum Gasteiger partial charge on any atom is 0.183 e. The van der Waals surface area contributed by atoms with Crippen LogP contribution in [0, 0.1) is 0 Å². The van der Waals surface area contributed by atoms with Gasteiger partial charge in [-0.3, -0.25) is 0 Å². The van der Waals surface area contributed by atoms with Crippen molar-refractivity contribution in [2.45, 2.75) is 26.2 Å². The lowest BCUT2D eigenvalue weighted by molar-refractivity contribution is 0.800. The number of nitrogens with zero attached hydrogens (tertiary/aromatic N) is 1. The molecule has 0 spiro atoms. The fourth-order valence-corrected chi connectivity index (χ4v) is 2.52. The van der Waals surface area contributed by atoms with E-state index in [1.54, 1.807) is 11.3 Å². The van der Waals surface area contributed by atoms with Gasteiger partial charge in [0.15, 0.2) is 5.13 Å². The Bertz CT molecular complexity index is 247. The number of unbranched alkanes of at least 4 members (excludes halogenated alkanes) is 1. The van der Waals surface area contributed by atoms with E-state index in [2.05, 4.69) is 33.2 Å². The third-order valence-corrected chi connectivity index (χ3v) is 3.67. The Morgan fingerprint density at radius 1 is 1.58 bits per heavy atom. The molecule has 0 aliphatic rings. The minimum atomic E-state index is 0.993. The van der Waals surface area contributed by atoms with E-state index in [0.29, 0.717) is 0 Å². The van der Waals surface area contributed by atoms with E-state index in [4.69, 9.17) is 0 Å². The van der Waals surface area contributed by atoms with E-state index in [1.807, 2.05) is 7.05 Å². The summed E-state index contributed by atoms with van der Waals surface area (Å²) in [5, 5.41) is 4.04. The second kappa shape index (κ2) is 4.82. The summed E-state index contributed by atoms with van der Waals surface area (Å²) in [6.07, 6.45) is 3.61. The van der Waals surface area contributed by atoms with Crippen LogP contribution in [0.1, 0.15) is 24.6 Å². The Hall–Kier alpha value is -0.0900. The van der Waals surface area contributed by atoms with Crippen LogP contribution in [0.3, 0.4) is 0 Å². The van der Waals surface area contributed by atoms with E-state index < -0.39 is 0 Å². The van der Waals surface area contributed by atoms with E-state index in [9.17, 15) is 0 Å². The minimum absolute atomic E-state index is 0.993. The van der Waals surface area contributed by atoms with Gasteiger partial charge in [0.2, 0.25) is 0 Å². The zero-order chi connectivity index (χ0) is 8.97. The fraction of sp³-hybridized carbons (Fsp3) is 0.625. The summed E-state index contributed by atoms with van der Waals surface area (Å²) in [7, 11) is 1.90. The summed E-state index contributed by atoms with van der Waals surface area (Å²) in [6.45, 7) is 2.20. The summed E-state index contributed by atoms with van der Waals surface area (Å²) in [4.78, 5) is 5.65. The van der Waals surface area contributed by atoms with Gasteiger partial charge in [-0.15, -0.1) is 11.3 Å². The molecule has 0 saturated carbocycles. The molecule has 0 aliphatic heterocycles.